The molecule has 1 atom stereocenters. The fraction of sp³-hybridized carbons (Fsp3) is 0.938. The van der Waals surface area contributed by atoms with Gasteiger partial charge in [0, 0.05) is 0 Å². The Balaban J connectivity index is -0.00000180. The first kappa shape index (κ1) is 26.8. The van der Waals surface area contributed by atoms with E-state index < -0.39 is 6.04 Å². The van der Waals surface area contributed by atoms with Crippen LogP contribution in [0.15, 0.2) is 0 Å². The van der Waals surface area contributed by atoms with Crippen LogP contribution in [0.4, 0.5) is 0 Å². The number of carbonyl (C=O) groups excluding carboxylic acids is 1. The number of hydrogen-bond donors (Lipinski definition) is 2. The quantitative estimate of drug-likeness (QED) is 0.363. The zero-order chi connectivity index (χ0) is 15.1. The molecule has 0 aliphatic heterocycles. The summed E-state index contributed by atoms with van der Waals surface area (Å²) in [5.74, 6) is -0.259. The summed E-state index contributed by atoms with van der Waals surface area (Å²) < 4.78 is 5.18. The number of nitrogens with two attached hydrogens (primary N) is 2. The average molecular weight is 359 g/mol. The lowest BCUT2D eigenvalue weighted by atomic mass is 10.1. The largest absolute Gasteiger partial charge is 0.465 e. The van der Waals surface area contributed by atoms with Crippen LogP contribution in [-0.2, 0) is 9.53 Å². The molecule has 0 spiro atoms. The number of rotatable bonds is 14. The summed E-state index contributed by atoms with van der Waals surface area (Å²) in [7, 11) is 0. The maximum atomic E-state index is 11.6. The highest BCUT2D eigenvalue weighted by Gasteiger charge is 2.13. The van der Waals surface area contributed by atoms with E-state index in [1.807, 2.05) is 0 Å². The third kappa shape index (κ3) is 18.0. The summed E-state index contributed by atoms with van der Waals surface area (Å²) in [5.41, 5.74) is 11.2. The number of hydrogen-bond acceptors (Lipinski definition) is 4. The molecule has 0 fully saturated rings. The molecule has 0 saturated heterocycles. The van der Waals surface area contributed by atoms with Crippen LogP contribution in [0.3, 0.4) is 0 Å². The van der Waals surface area contributed by atoms with Gasteiger partial charge in [0.1, 0.15) is 6.04 Å². The monoisotopic (exact) mass is 358 g/mol. The predicted octanol–water partition coefficient (Wildman–Crippen LogP) is 3.97. The molecular formula is C16H36Cl2N2O2. The molecule has 0 aromatic heterocycles. The number of esters is 1. The van der Waals surface area contributed by atoms with Crippen LogP contribution >= 0.6 is 24.8 Å². The fourth-order valence-electron chi connectivity index (χ4n) is 2.14. The second-order valence-corrected chi connectivity index (χ2v) is 5.53. The molecule has 4 N–H and O–H groups in total. The first-order chi connectivity index (χ1) is 9.72. The lowest BCUT2D eigenvalue weighted by Crippen LogP contribution is -2.32. The summed E-state index contributed by atoms with van der Waals surface area (Å²) in [6.07, 6.45) is 12.4. The van der Waals surface area contributed by atoms with E-state index in [2.05, 4.69) is 6.92 Å². The molecule has 0 bridgehead atoms. The molecule has 0 rings (SSSR count). The molecule has 0 aliphatic rings. The van der Waals surface area contributed by atoms with Crippen molar-refractivity contribution < 1.29 is 9.53 Å². The van der Waals surface area contributed by atoms with Crippen LogP contribution in [0.1, 0.15) is 77.6 Å². The van der Waals surface area contributed by atoms with E-state index in [1.165, 1.54) is 38.5 Å². The molecule has 0 aromatic carbocycles. The Hall–Kier alpha value is -0.0300. The Morgan fingerprint density at radius 1 is 0.909 bits per heavy atom. The smallest absolute Gasteiger partial charge is 0.322 e. The van der Waals surface area contributed by atoms with Gasteiger partial charge in [0.05, 0.1) is 6.61 Å². The highest BCUT2D eigenvalue weighted by Crippen LogP contribution is 2.08. The highest BCUT2D eigenvalue weighted by molar-refractivity contribution is 5.85. The topological polar surface area (TPSA) is 78.3 Å². The van der Waals surface area contributed by atoms with Gasteiger partial charge in [-0.25, -0.2) is 0 Å². The first-order valence-corrected chi connectivity index (χ1v) is 8.34. The predicted molar refractivity (Wildman–Crippen MR) is 98.9 cm³/mol. The molecule has 1 unspecified atom stereocenters. The van der Waals surface area contributed by atoms with Crippen LogP contribution in [0.5, 0.6) is 0 Å². The molecule has 0 heterocycles. The van der Waals surface area contributed by atoms with Crippen molar-refractivity contribution in [2.24, 2.45) is 11.5 Å². The van der Waals surface area contributed by atoms with Crippen LogP contribution < -0.4 is 11.5 Å². The van der Waals surface area contributed by atoms with E-state index in [0.29, 0.717) is 19.6 Å². The van der Waals surface area contributed by atoms with Gasteiger partial charge in [0.15, 0.2) is 0 Å². The zero-order valence-corrected chi connectivity index (χ0v) is 15.7. The Labute approximate surface area is 148 Å². The van der Waals surface area contributed by atoms with Crippen molar-refractivity contribution in [2.75, 3.05) is 13.2 Å². The zero-order valence-electron chi connectivity index (χ0n) is 14.1. The third-order valence-electron chi connectivity index (χ3n) is 3.51. The van der Waals surface area contributed by atoms with Crippen molar-refractivity contribution in [3.63, 3.8) is 0 Å². The normalized spacial score (nSPS) is 11.2. The molecule has 4 nitrogen and oxygen atoms in total. The first-order valence-electron chi connectivity index (χ1n) is 8.34. The number of halogens is 2. The molecule has 136 valence electrons. The standard InChI is InChI=1S/C16H34N2O2.2ClH/c1-2-3-4-5-6-7-8-11-14-20-16(19)15(18)12-9-10-13-17;;/h15H,2-14,17-18H2,1H3;2*1H. The molecule has 0 radical (unpaired) electrons. The van der Waals surface area contributed by atoms with Crippen molar-refractivity contribution in [3.05, 3.63) is 0 Å². The van der Waals surface area contributed by atoms with Crippen molar-refractivity contribution in [1.29, 1.82) is 0 Å². The maximum absolute atomic E-state index is 11.6. The minimum Gasteiger partial charge on any atom is -0.465 e. The van der Waals surface area contributed by atoms with Gasteiger partial charge in [-0.2, -0.15) is 0 Å². The van der Waals surface area contributed by atoms with Gasteiger partial charge in [0.25, 0.3) is 0 Å². The minimum absolute atomic E-state index is 0. The summed E-state index contributed by atoms with van der Waals surface area (Å²) in [4.78, 5) is 11.6. The SMILES string of the molecule is CCCCCCCCCCOC(=O)C(N)CCCCN.Cl.Cl. The summed E-state index contributed by atoms with van der Waals surface area (Å²) in [6, 6.07) is -0.476. The molecule has 6 heteroatoms. The van der Waals surface area contributed by atoms with E-state index in [1.54, 1.807) is 0 Å². The Kier molecular flexibility index (Phi) is 25.6. The molecule has 0 saturated carbocycles. The van der Waals surface area contributed by atoms with Gasteiger partial charge >= 0.3 is 5.97 Å². The van der Waals surface area contributed by atoms with Gasteiger partial charge in [-0.1, -0.05) is 58.3 Å². The Morgan fingerprint density at radius 3 is 2.00 bits per heavy atom. The minimum atomic E-state index is -0.476. The van der Waals surface area contributed by atoms with Crippen LogP contribution in [0.25, 0.3) is 0 Å². The van der Waals surface area contributed by atoms with Crippen molar-refractivity contribution in [3.8, 4) is 0 Å². The summed E-state index contributed by atoms with van der Waals surface area (Å²) in [5, 5.41) is 0. The Morgan fingerprint density at radius 2 is 1.45 bits per heavy atom. The second-order valence-electron chi connectivity index (χ2n) is 5.53. The summed E-state index contributed by atoms with van der Waals surface area (Å²) >= 11 is 0. The second kappa shape index (κ2) is 21.0. The highest BCUT2D eigenvalue weighted by atomic mass is 35.5. The third-order valence-corrected chi connectivity index (χ3v) is 3.51. The number of ether oxygens (including phenoxy) is 1. The van der Waals surface area contributed by atoms with Gasteiger partial charge in [-0.05, 0) is 25.8 Å². The Bertz CT molecular complexity index is 232. The molecule has 0 aliphatic carbocycles. The van der Waals surface area contributed by atoms with E-state index in [0.717, 1.165) is 25.7 Å². The van der Waals surface area contributed by atoms with E-state index in [4.69, 9.17) is 16.2 Å². The molecule has 0 amide bonds. The number of carbonyl (C=O) groups is 1. The van der Waals surface area contributed by atoms with Gasteiger partial charge in [-0.15, -0.1) is 24.8 Å². The van der Waals surface area contributed by atoms with Crippen LogP contribution in [-0.4, -0.2) is 25.2 Å². The fourth-order valence-corrected chi connectivity index (χ4v) is 2.14. The van der Waals surface area contributed by atoms with Crippen molar-refractivity contribution in [1.82, 2.24) is 0 Å². The van der Waals surface area contributed by atoms with Crippen LogP contribution in [0.2, 0.25) is 0 Å². The van der Waals surface area contributed by atoms with Gasteiger partial charge < -0.3 is 16.2 Å². The lowest BCUT2D eigenvalue weighted by molar-refractivity contribution is -0.145. The summed E-state index contributed by atoms with van der Waals surface area (Å²) in [6.45, 7) is 3.40. The average Bonchev–Trinajstić information content (AvgIpc) is 2.45. The van der Waals surface area contributed by atoms with Crippen LogP contribution in [0, 0.1) is 0 Å². The van der Waals surface area contributed by atoms with Crippen molar-refractivity contribution in [2.45, 2.75) is 83.6 Å². The number of unbranched alkanes of at least 4 members (excludes halogenated alkanes) is 8. The van der Waals surface area contributed by atoms with Crippen molar-refractivity contribution >= 4 is 30.8 Å². The molecule has 22 heavy (non-hydrogen) atoms. The molecular weight excluding hydrogens is 323 g/mol. The van der Waals surface area contributed by atoms with Gasteiger partial charge in [0.2, 0.25) is 0 Å². The maximum Gasteiger partial charge on any atom is 0.322 e. The molecule has 0 aromatic rings. The van der Waals surface area contributed by atoms with E-state index in [-0.39, 0.29) is 30.8 Å². The lowest BCUT2D eigenvalue weighted by Gasteiger charge is -2.11. The van der Waals surface area contributed by atoms with Gasteiger partial charge in [-0.3, -0.25) is 4.79 Å². The van der Waals surface area contributed by atoms with E-state index >= 15 is 0 Å². The van der Waals surface area contributed by atoms with E-state index in [9.17, 15) is 4.79 Å².